The largest absolute Gasteiger partial charge is 0.372 e. The molecule has 0 aliphatic carbocycles. The molecule has 132 valence electrons. The first-order chi connectivity index (χ1) is 12.6. The van der Waals surface area contributed by atoms with Gasteiger partial charge in [-0.25, -0.2) is 0 Å². The second-order valence-electron chi connectivity index (χ2n) is 6.74. The van der Waals surface area contributed by atoms with E-state index in [-0.39, 0.29) is 11.5 Å². The first-order valence-electron chi connectivity index (χ1n) is 8.91. The van der Waals surface area contributed by atoms with Gasteiger partial charge in [-0.15, -0.1) is 0 Å². The maximum atomic E-state index is 12.8. The van der Waals surface area contributed by atoms with Gasteiger partial charge in [0, 0.05) is 41.4 Å². The third-order valence-electron chi connectivity index (χ3n) is 4.92. The molecule has 0 unspecified atom stereocenters. The van der Waals surface area contributed by atoms with E-state index in [9.17, 15) is 9.59 Å². The number of carbonyl (C=O) groups is 1. The highest BCUT2D eigenvalue weighted by Crippen LogP contribution is 2.26. The van der Waals surface area contributed by atoms with Crippen LogP contribution in [0, 0.1) is 6.92 Å². The summed E-state index contributed by atoms with van der Waals surface area (Å²) in [6.45, 7) is 4.17. The van der Waals surface area contributed by atoms with Gasteiger partial charge in [0.25, 0.3) is 5.91 Å². The van der Waals surface area contributed by atoms with E-state index in [1.807, 2.05) is 37.3 Å². The molecule has 5 nitrogen and oxygen atoms in total. The normalized spacial score (nSPS) is 14.0. The van der Waals surface area contributed by atoms with Crippen LogP contribution in [0.1, 0.15) is 28.8 Å². The van der Waals surface area contributed by atoms with E-state index >= 15 is 0 Å². The number of pyridine rings is 1. The van der Waals surface area contributed by atoms with Crippen LogP contribution >= 0.6 is 0 Å². The van der Waals surface area contributed by atoms with Crippen LogP contribution in [0.2, 0.25) is 0 Å². The van der Waals surface area contributed by atoms with Gasteiger partial charge in [-0.1, -0.05) is 18.2 Å². The second kappa shape index (κ2) is 6.67. The van der Waals surface area contributed by atoms with E-state index in [0.29, 0.717) is 11.1 Å². The number of anilines is 2. The summed E-state index contributed by atoms with van der Waals surface area (Å²) in [6.07, 6.45) is 2.46. The zero-order chi connectivity index (χ0) is 18.1. The Labute approximate surface area is 151 Å². The first kappa shape index (κ1) is 16.4. The molecule has 1 amide bonds. The fourth-order valence-electron chi connectivity index (χ4n) is 3.54. The second-order valence-corrected chi connectivity index (χ2v) is 6.74. The molecule has 2 N–H and O–H groups in total. The molecule has 1 saturated heterocycles. The molecule has 5 heteroatoms. The summed E-state index contributed by atoms with van der Waals surface area (Å²) in [5, 5.41) is 3.69. The molecular formula is C21H21N3O2. The molecule has 0 saturated carbocycles. The molecule has 2 aromatic carbocycles. The quantitative estimate of drug-likeness (QED) is 0.759. The van der Waals surface area contributed by atoms with Crippen molar-refractivity contribution >= 4 is 28.2 Å². The number of rotatable bonds is 3. The predicted octanol–water partition coefficient (Wildman–Crippen LogP) is 3.69. The molecule has 0 bridgehead atoms. The van der Waals surface area contributed by atoms with Crippen molar-refractivity contribution in [1.82, 2.24) is 4.98 Å². The fourth-order valence-corrected chi connectivity index (χ4v) is 3.54. The number of amides is 1. The average molecular weight is 347 g/mol. The monoisotopic (exact) mass is 347 g/mol. The predicted molar refractivity (Wildman–Crippen MR) is 105 cm³/mol. The number of H-pyrrole nitrogens is 1. The number of nitrogens with one attached hydrogen (secondary N) is 2. The lowest BCUT2D eigenvalue weighted by molar-refractivity contribution is 0.102. The summed E-state index contributed by atoms with van der Waals surface area (Å²) in [7, 11) is 0. The van der Waals surface area contributed by atoms with Crippen molar-refractivity contribution in [3.05, 3.63) is 70.0 Å². The number of para-hydroxylation sites is 1. The van der Waals surface area contributed by atoms with Gasteiger partial charge in [0.1, 0.15) is 0 Å². The molecule has 2 heterocycles. The minimum absolute atomic E-state index is 0.274. The van der Waals surface area contributed by atoms with Crippen molar-refractivity contribution in [2.45, 2.75) is 19.8 Å². The highest BCUT2D eigenvalue weighted by Gasteiger charge is 2.15. The number of hydrogen-bond acceptors (Lipinski definition) is 3. The van der Waals surface area contributed by atoms with Crippen LogP contribution in [0.15, 0.2) is 53.3 Å². The SMILES string of the molecule is Cc1cc(N2CCCC2)ccc1NC(=O)c1cc(=O)[nH]c2ccccc12. The number of hydrogen-bond donors (Lipinski definition) is 2. The zero-order valence-corrected chi connectivity index (χ0v) is 14.7. The number of nitrogens with zero attached hydrogens (tertiary/aromatic N) is 1. The van der Waals surface area contributed by atoms with Crippen LogP contribution < -0.4 is 15.8 Å². The van der Waals surface area contributed by atoms with Gasteiger partial charge in [-0.05, 0) is 49.6 Å². The van der Waals surface area contributed by atoms with Crippen molar-refractivity contribution in [2.75, 3.05) is 23.3 Å². The molecule has 0 spiro atoms. The maximum absolute atomic E-state index is 12.8. The van der Waals surface area contributed by atoms with Crippen LogP contribution in [0.5, 0.6) is 0 Å². The average Bonchev–Trinajstić information content (AvgIpc) is 3.17. The Morgan fingerprint density at radius 1 is 1.08 bits per heavy atom. The van der Waals surface area contributed by atoms with Crippen LogP contribution in [-0.2, 0) is 0 Å². The van der Waals surface area contributed by atoms with Gasteiger partial charge in [0.05, 0.1) is 5.56 Å². The standard InChI is InChI=1S/C21H21N3O2/c1-14-12-15(24-10-4-5-11-24)8-9-18(14)23-21(26)17-13-20(25)22-19-7-3-2-6-16(17)19/h2-3,6-9,12-13H,4-5,10-11H2,1H3,(H,22,25)(H,23,26). The van der Waals surface area contributed by atoms with Gasteiger partial charge in [-0.2, -0.15) is 0 Å². The Morgan fingerprint density at radius 2 is 1.85 bits per heavy atom. The van der Waals surface area contributed by atoms with Crippen molar-refractivity contribution < 1.29 is 4.79 Å². The summed E-state index contributed by atoms with van der Waals surface area (Å²) in [4.78, 5) is 29.8. The van der Waals surface area contributed by atoms with E-state index in [1.54, 1.807) is 6.07 Å². The van der Waals surface area contributed by atoms with Crippen molar-refractivity contribution in [3.8, 4) is 0 Å². The van der Waals surface area contributed by atoms with Crippen molar-refractivity contribution in [1.29, 1.82) is 0 Å². The number of aromatic nitrogens is 1. The molecule has 0 radical (unpaired) electrons. The van der Waals surface area contributed by atoms with Crippen molar-refractivity contribution in [3.63, 3.8) is 0 Å². The van der Waals surface area contributed by atoms with Crippen LogP contribution in [0.4, 0.5) is 11.4 Å². The Bertz CT molecular complexity index is 1030. The Kier molecular flexibility index (Phi) is 4.21. The Balaban J connectivity index is 1.63. The summed E-state index contributed by atoms with van der Waals surface area (Å²) < 4.78 is 0. The van der Waals surface area contributed by atoms with Gasteiger partial charge >= 0.3 is 0 Å². The van der Waals surface area contributed by atoms with Gasteiger partial charge in [0.2, 0.25) is 5.56 Å². The minimum atomic E-state index is -0.282. The zero-order valence-electron chi connectivity index (χ0n) is 14.7. The van der Waals surface area contributed by atoms with Crippen LogP contribution in [0.3, 0.4) is 0 Å². The molecule has 1 aromatic heterocycles. The third kappa shape index (κ3) is 3.08. The van der Waals surface area contributed by atoms with E-state index in [2.05, 4.69) is 21.3 Å². The number of aromatic amines is 1. The van der Waals surface area contributed by atoms with E-state index in [4.69, 9.17) is 0 Å². The minimum Gasteiger partial charge on any atom is -0.372 e. The van der Waals surface area contributed by atoms with Gasteiger partial charge in [-0.3, -0.25) is 9.59 Å². The molecule has 1 aliphatic heterocycles. The van der Waals surface area contributed by atoms with E-state index < -0.39 is 0 Å². The van der Waals surface area contributed by atoms with E-state index in [0.717, 1.165) is 29.7 Å². The Morgan fingerprint density at radius 3 is 2.62 bits per heavy atom. The fraction of sp³-hybridized carbons (Fsp3) is 0.238. The highest BCUT2D eigenvalue weighted by molar-refractivity contribution is 6.12. The summed E-state index contributed by atoms with van der Waals surface area (Å²) >= 11 is 0. The number of carbonyl (C=O) groups excluding carboxylic acids is 1. The molecular weight excluding hydrogens is 326 g/mol. The first-order valence-corrected chi connectivity index (χ1v) is 8.91. The molecule has 3 aromatic rings. The maximum Gasteiger partial charge on any atom is 0.256 e. The number of fused-ring (bicyclic) bond motifs is 1. The van der Waals surface area contributed by atoms with Gasteiger partial charge < -0.3 is 15.2 Å². The van der Waals surface area contributed by atoms with Crippen molar-refractivity contribution in [2.24, 2.45) is 0 Å². The Hall–Kier alpha value is -3.08. The van der Waals surface area contributed by atoms with Crippen LogP contribution in [0.25, 0.3) is 10.9 Å². The molecule has 1 fully saturated rings. The summed E-state index contributed by atoms with van der Waals surface area (Å²) in [5.41, 5.74) is 3.73. The lowest BCUT2D eigenvalue weighted by atomic mass is 10.1. The highest BCUT2D eigenvalue weighted by atomic mass is 16.2. The van der Waals surface area contributed by atoms with E-state index in [1.165, 1.54) is 24.6 Å². The topological polar surface area (TPSA) is 65.2 Å². The number of aryl methyl sites for hydroxylation is 1. The van der Waals surface area contributed by atoms with Gasteiger partial charge in [0.15, 0.2) is 0 Å². The lowest BCUT2D eigenvalue weighted by Gasteiger charge is -2.19. The third-order valence-corrected chi connectivity index (χ3v) is 4.92. The summed E-state index contributed by atoms with van der Waals surface area (Å²) in [6, 6.07) is 14.8. The smallest absolute Gasteiger partial charge is 0.256 e. The summed E-state index contributed by atoms with van der Waals surface area (Å²) in [5.74, 6) is -0.274. The number of benzene rings is 2. The molecule has 1 aliphatic rings. The molecule has 26 heavy (non-hydrogen) atoms. The van der Waals surface area contributed by atoms with Crippen LogP contribution in [-0.4, -0.2) is 24.0 Å². The molecule has 0 atom stereocenters. The lowest BCUT2D eigenvalue weighted by Crippen LogP contribution is -2.19. The molecule has 4 rings (SSSR count).